The van der Waals surface area contributed by atoms with E-state index in [1.807, 2.05) is 6.92 Å². The van der Waals surface area contributed by atoms with Gasteiger partial charge in [0.25, 0.3) is 0 Å². The quantitative estimate of drug-likeness (QED) is 0.508. The van der Waals surface area contributed by atoms with Crippen molar-refractivity contribution in [3.8, 4) is 0 Å². The van der Waals surface area contributed by atoms with Crippen molar-refractivity contribution >= 4 is 5.97 Å². The van der Waals surface area contributed by atoms with E-state index in [4.69, 9.17) is 9.47 Å². The average molecular weight is 257 g/mol. The number of hydrogen-bond acceptors (Lipinski definition) is 4. The van der Waals surface area contributed by atoms with E-state index < -0.39 is 0 Å². The van der Waals surface area contributed by atoms with Crippen molar-refractivity contribution in [2.75, 3.05) is 26.3 Å². The van der Waals surface area contributed by atoms with Gasteiger partial charge in [0, 0.05) is 19.6 Å². The third-order valence-electron chi connectivity index (χ3n) is 3.34. The summed E-state index contributed by atoms with van der Waals surface area (Å²) in [7, 11) is 0. The molecule has 0 aromatic rings. The second-order valence-electron chi connectivity index (χ2n) is 5.19. The lowest BCUT2D eigenvalue weighted by Gasteiger charge is -2.23. The van der Waals surface area contributed by atoms with Crippen LogP contribution in [-0.4, -0.2) is 37.9 Å². The van der Waals surface area contributed by atoms with E-state index in [0.29, 0.717) is 13.0 Å². The molecule has 4 heteroatoms. The van der Waals surface area contributed by atoms with E-state index in [1.165, 1.54) is 6.42 Å². The molecule has 4 nitrogen and oxygen atoms in total. The lowest BCUT2D eigenvalue weighted by molar-refractivity contribution is -0.143. The Morgan fingerprint density at radius 1 is 1.39 bits per heavy atom. The minimum absolute atomic E-state index is 0.0466. The van der Waals surface area contributed by atoms with E-state index in [0.717, 1.165) is 45.4 Å². The smallest absolute Gasteiger partial charge is 0.305 e. The first-order valence-electron chi connectivity index (χ1n) is 7.16. The highest BCUT2D eigenvalue weighted by molar-refractivity contribution is 5.69. The zero-order valence-electron chi connectivity index (χ0n) is 11.8. The van der Waals surface area contributed by atoms with Gasteiger partial charge in [0.15, 0.2) is 0 Å². The average Bonchev–Trinajstić information content (AvgIpc) is 2.75. The fourth-order valence-corrected chi connectivity index (χ4v) is 2.26. The van der Waals surface area contributed by atoms with Crippen molar-refractivity contribution in [1.29, 1.82) is 0 Å². The fourth-order valence-electron chi connectivity index (χ4n) is 2.26. The van der Waals surface area contributed by atoms with E-state index in [1.54, 1.807) is 0 Å². The van der Waals surface area contributed by atoms with Crippen molar-refractivity contribution in [2.45, 2.75) is 58.0 Å². The molecule has 1 aliphatic heterocycles. The standard InChI is InChI=1S/C14H27NO3/c1-3-17-13(16)8-5-4-6-10-15-12-14(2)9-7-11-18-14/h15H,3-12H2,1-2H3. The fraction of sp³-hybridized carbons (Fsp3) is 0.929. The van der Waals surface area contributed by atoms with E-state index in [2.05, 4.69) is 12.2 Å². The topological polar surface area (TPSA) is 47.6 Å². The summed E-state index contributed by atoms with van der Waals surface area (Å²) in [5.41, 5.74) is 0.0466. The van der Waals surface area contributed by atoms with Crippen LogP contribution in [0.3, 0.4) is 0 Å². The maximum atomic E-state index is 11.1. The number of carbonyl (C=O) groups is 1. The molecule has 0 aliphatic carbocycles. The van der Waals surface area contributed by atoms with Crippen LogP contribution in [0.4, 0.5) is 0 Å². The highest BCUT2D eigenvalue weighted by Gasteiger charge is 2.28. The minimum atomic E-state index is -0.0719. The molecule has 1 saturated heterocycles. The van der Waals surface area contributed by atoms with Gasteiger partial charge in [0.1, 0.15) is 0 Å². The van der Waals surface area contributed by atoms with Gasteiger partial charge in [-0.15, -0.1) is 0 Å². The Morgan fingerprint density at radius 3 is 2.89 bits per heavy atom. The number of hydrogen-bond donors (Lipinski definition) is 1. The first kappa shape index (κ1) is 15.4. The van der Waals surface area contributed by atoms with Gasteiger partial charge in [-0.25, -0.2) is 0 Å². The predicted molar refractivity (Wildman–Crippen MR) is 71.6 cm³/mol. The van der Waals surface area contributed by atoms with Crippen LogP contribution in [-0.2, 0) is 14.3 Å². The zero-order chi connectivity index (χ0) is 13.3. The first-order valence-corrected chi connectivity index (χ1v) is 7.16. The number of ether oxygens (including phenoxy) is 2. The Bertz CT molecular complexity index is 237. The highest BCUT2D eigenvalue weighted by atomic mass is 16.5. The normalized spacial score (nSPS) is 23.2. The Morgan fingerprint density at radius 2 is 2.22 bits per heavy atom. The second-order valence-corrected chi connectivity index (χ2v) is 5.19. The van der Waals surface area contributed by atoms with Crippen LogP contribution in [0.5, 0.6) is 0 Å². The third-order valence-corrected chi connectivity index (χ3v) is 3.34. The Hall–Kier alpha value is -0.610. The predicted octanol–water partition coefficient (Wildman–Crippen LogP) is 2.27. The number of unbranched alkanes of at least 4 members (excludes halogenated alkanes) is 2. The van der Waals surface area contributed by atoms with Crippen LogP contribution in [0, 0.1) is 0 Å². The van der Waals surface area contributed by atoms with Gasteiger partial charge < -0.3 is 14.8 Å². The van der Waals surface area contributed by atoms with Gasteiger partial charge in [-0.1, -0.05) is 6.42 Å². The number of esters is 1. The van der Waals surface area contributed by atoms with Crippen LogP contribution >= 0.6 is 0 Å². The van der Waals surface area contributed by atoms with Crippen LogP contribution in [0.25, 0.3) is 0 Å². The maximum absolute atomic E-state index is 11.1. The molecular formula is C14H27NO3. The van der Waals surface area contributed by atoms with Gasteiger partial charge in [0.2, 0.25) is 0 Å². The summed E-state index contributed by atoms with van der Waals surface area (Å²) in [5, 5.41) is 3.44. The molecule has 1 N–H and O–H groups in total. The molecule has 0 amide bonds. The van der Waals surface area contributed by atoms with E-state index >= 15 is 0 Å². The van der Waals surface area contributed by atoms with Crippen molar-refractivity contribution in [3.63, 3.8) is 0 Å². The van der Waals surface area contributed by atoms with Gasteiger partial charge in [-0.2, -0.15) is 0 Å². The molecule has 18 heavy (non-hydrogen) atoms. The van der Waals surface area contributed by atoms with Crippen LogP contribution < -0.4 is 5.32 Å². The molecule has 0 saturated carbocycles. The first-order chi connectivity index (χ1) is 8.66. The molecule has 0 spiro atoms. The number of nitrogens with one attached hydrogen (secondary N) is 1. The largest absolute Gasteiger partial charge is 0.466 e. The van der Waals surface area contributed by atoms with Crippen molar-refractivity contribution in [3.05, 3.63) is 0 Å². The SMILES string of the molecule is CCOC(=O)CCCCCNCC1(C)CCCO1. The Labute approximate surface area is 110 Å². The molecule has 0 radical (unpaired) electrons. The summed E-state index contributed by atoms with van der Waals surface area (Å²) in [6.45, 7) is 7.34. The van der Waals surface area contributed by atoms with Crippen molar-refractivity contribution in [1.82, 2.24) is 5.32 Å². The monoisotopic (exact) mass is 257 g/mol. The summed E-state index contributed by atoms with van der Waals surface area (Å²) >= 11 is 0. The highest BCUT2D eigenvalue weighted by Crippen LogP contribution is 2.23. The molecule has 1 rings (SSSR count). The lowest BCUT2D eigenvalue weighted by Crippen LogP contribution is -2.37. The molecule has 0 bridgehead atoms. The summed E-state index contributed by atoms with van der Waals surface area (Å²) < 4.78 is 10.6. The Balaban J connectivity index is 1.88. The summed E-state index contributed by atoms with van der Waals surface area (Å²) in [4.78, 5) is 11.1. The molecule has 1 aliphatic rings. The summed E-state index contributed by atoms with van der Waals surface area (Å²) in [6, 6.07) is 0. The number of rotatable bonds is 9. The molecule has 0 aromatic heterocycles. The lowest BCUT2D eigenvalue weighted by atomic mass is 10.0. The number of carbonyl (C=O) groups excluding carboxylic acids is 1. The molecule has 1 heterocycles. The van der Waals surface area contributed by atoms with Crippen LogP contribution in [0.15, 0.2) is 0 Å². The summed E-state index contributed by atoms with van der Waals surface area (Å²) in [6.07, 6.45) is 5.99. The molecule has 106 valence electrons. The Kier molecular flexibility index (Phi) is 7.28. The van der Waals surface area contributed by atoms with Gasteiger partial charge >= 0.3 is 5.97 Å². The second kappa shape index (κ2) is 8.48. The summed E-state index contributed by atoms with van der Waals surface area (Å²) in [5.74, 6) is -0.0719. The van der Waals surface area contributed by atoms with Gasteiger partial charge in [0.05, 0.1) is 12.2 Å². The van der Waals surface area contributed by atoms with Crippen LogP contribution in [0.1, 0.15) is 52.4 Å². The minimum Gasteiger partial charge on any atom is -0.466 e. The molecular weight excluding hydrogens is 230 g/mol. The molecule has 1 fully saturated rings. The van der Waals surface area contributed by atoms with Crippen molar-refractivity contribution in [2.24, 2.45) is 0 Å². The van der Waals surface area contributed by atoms with Crippen molar-refractivity contribution < 1.29 is 14.3 Å². The van der Waals surface area contributed by atoms with E-state index in [9.17, 15) is 4.79 Å². The molecule has 1 unspecified atom stereocenters. The molecule has 0 aromatic carbocycles. The maximum Gasteiger partial charge on any atom is 0.305 e. The zero-order valence-corrected chi connectivity index (χ0v) is 11.8. The van der Waals surface area contributed by atoms with Crippen LogP contribution in [0.2, 0.25) is 0 Å². The molecule has 1 atom stereocenters. The van der Waals surface area contributed by atoms with Gasteiger partial charge in [-0.3, -0.25) is 4.79 Å². The van der Waals surface area contributed by atoms with E-state index in [-0.39, 0.29) is 11.6 Å². The third kappa shape index (κ3) is 6.36. The van der Waals surface area contributed by atoms with Gasteiger partial charge in [-0.05, 0) is 46.1 Å².